The van der Waals surface area contributed by atoms with Gasteiger partial charge in [0.1, 0.15) is 11.2 Å². The number of rotatable bonds is 8. The quantitative estimate of drug-likeness (QED) is 0.529. The van der Waals surface area contributed by atoms with Gasteiger partial charge in [-0.2, -0.15) is 9.78 Å². The Hall–Kier alpha value is -2.67. The average molecular weight is 400 g/mol. The van der Waals surface area contributed by atoms with Gasteiger partial charge in [0, 0.05) is 4.88 Å². The summed E-state index contributed by atoms with van der Waals surface area (Å²) in [5, 5.41) is 4.88. The van der Waals surface area contributed by atoms with Crippen LogP contribution in [0.3, 0.4) is 0 Å². The monoisotopic (exact) mass is 399 g/mol. The summed E-state index contributed by atoms with van der Waals surface area (Å²) in [6.45, 7) is 7.02. The fourth-order valence-electron chi connectivity index (χ4n) is 2.64. The molecule has 28 heavy (non-hydrogen) atoms. The van der Waals surface area contributed by atoms with Crippen molar-refractivity contribution in [1.29, 1.82) is 0 Å². The molecule has 3 rings (SSSR count). The normalized spacial score (nSPS) is 11.6. The van der Waals surface area contributed by atoms with Gasteiger partial charge in [0.05, 0.1) is 25.3 Å². The number of aryl methyl sites for hydroxylation is 1. The fraction of sp³-hybridized carbons (Fsp3) is 0.381. The molecule has 148 valence electrons. The van der Waals surface area contributed by atoms with Gasteiger partial charge in [0.15, 0.2) is 11.5 Å². The minimum Gasteiger partial charge on any atom is -0.493 e. The molecule has 0 atom stereocenters. The van der Waals surface area contributed by atoms with E-state index in [0.717, 1.165) is 28.1 Å². The lowest BCUT2D eigenvalue weighted by Crippen LogP contribution is -2.16. The highest BCUT2D eigenvalue weighted by atomic mass is 32.1. The third kappa shape index (κ3) is 4.59. The van der Waals surface area contributed by atoms with Crippen LogP contribution in [-0.2, 0) is 6.42 Å². The topological polar surface area (TPSA) is 65.7 Å². The Labute approximate surface area is 168 Å². The molecule has 0 spiro atoms. The van der Waals surface area contributed by atoms with Gasteiger partial charge in [0.2, 0.25) is 0 Å². The van der Waals surface area contributed by atoms with Crippen LogP contribution >= 0.6 is 11.3 Å². The summed E-state index contributed by atoms with van der Waals surface area (Å²) < 4.78 is 12.5. The highest BCUT2D eigenvalue weighted by Gasteiger charge is 2.08. The number of aromatic nitrogens is 2. The second kappa shape index (κ2) is 9.01. The molecule has 0 aliphatic rings. The van der Waals surface area contributed by atoms with E-state index in [2.05, 4.69) is 30.9 Å². The van der Waals surface area contributed by atoms with Crippen LogP contribution in [0.25, 0.3) is 10.2 Å². The van der Waals surface area contributed by atoms with E-state index in [4.69, 9.17) is 9.47 Å². The number of methoxy groups -OCH3 is 1. The predicted molar refractivity (Wildman–Crippen MR) is 114 cm³/mol. The number of fused-ring (bicyclic) bond motifs is 1. The number of ether oxygens (including phenoxy) is 2. The van der Waals surface area contributed by atoms with Crippen molar-refractivity contribution in [2.45, 2.75) is 33.6 Å². The van der Waals surface area contributed by atoms with Crippen LogP contribution in [0.5, 0.6) is 11.5 Å². The van der Waals surface area contributed by atoms with Crippen LogP contribution in [0.2, 0.25) is 0 Å². The lowest BCUT2D eigenvalue weighted by molar-refractivity contribution is 0.273. The van der Waals surface area contributed by atoms with Crippen molar-refractivity contribution in [2.75, 3.05) is 13.7 Å². The Bertz CT molecular complexity index is 1040. The maximum absolute atomic E-state index is 12.6. The Morgan fingerprint density at radius 2 is 2.11 bits per heavy atom. The molecule has 6 nitrogen and oxygen atoms in total. The van der Waals surface area contributed by atoms with Crippen molar-refractivity contribution in [3.63, 3.8) is 0 Å². The van der Waals surface area contributed by atoms with E-state index in [0.29, 0.717) is 29.4 Å². The van der Waals surface area contributed by atoms with Gasteiger partial charge in [-0.05, 0) is 48.6 Å². The maximum atomic E-state index is 12.6. The number of hydrogen-bond donors (Lipinski definition) is 0. The van der Waals surface area contributed by atoms with Crippen molar-refractivity contribution in [2.24, 2.45) is 11.0 Å². The molecule has 0 radical (unpaired) electrons. The zero-order valence-corrected chi connectivity index (χ0v) is 17.5. The minimum absolute atomic E-state index is 0.169. The maximum Gasteiger partial charge on any atom is 0.282 e. The van der Waals surface area contributed by atoms with E-state index in [9.17, 15) is 4.79 Å². The molecule has 0 aliphatic carbocycles. The van der Waals surface area contributed by atoms with E-state index in [-0.39, 0.29) is 5.56 Å². The summed E-state index contributed by atoms with van der Waals surface area (Å²) in [5.41, 5.74) is 0.637. The smallest absolute Gasteiger partial charge is 0.282 e. The van der Waals surface area contributed by atoms with E-state index in [1.54, 1.807) is 24.7 Å². The molecule has 2 aromatic heterocycles. The van der Waals surface area contributed by atoms with Crippen LogP contribution in [0.15, 0.2) is 40.5 Å². The Morgan fingerprint density at radius 1 is 1.29 bits per heavy atom. The first-order valence-corrected chi connectivity index (χ1v) is 10.2. The van der Waals surface area contributed by atoms with Crippen molar-refractivity contribution in [3.05, 3.63) is 51.4 Å². The number of thiophene rings is 1. The highest BCUT2D eigenvalue weighted by molar-refractivity contribution is 7.18. The standard InChI is InChI=1S/C21H25N3O3S/c1-5-16-11-17-20(28-16)22-13-24(21(17)25)23-12-15-6-7-18(19(10-15)26-4)27-9-8-14(2)3/h6-7,10-14H,5,8-9H2,1-4H3/b23-12-. The lowest BCUT2D eigenvalue weighted by atomic mass is 10.1. The summed E-state index contributed by atoms with van der Waals surface area (Å²) in [6, 6.07) is 7.48. The molecule has 7 heteroatoms. The Morgan fingerprint density at radius 3 is 2.82 bits per heavy atom. The Kier molecular flexibility index (Phi) is 6.46. The molecule has 0 saturated carbocycles. The molecule has 0 amide bonds. The largest absolute Gasteiger partial charge is 0.493 e. The van der Waals surface area contributed by atoms with Gasteiger partial charge >= 0.3 is 0 Å². The minimum atomic E-state index is -0.169. The van der Waals surface area contributed by atoms with E-state index >= 15 is 0 Å². The molecule has 0 fully saturated rings. The third-order valence-electron chi connectivity index (χ3n) is 4.31. The van der Waals surface area contributed by atoms with Crippen molar-refractivity contribution in [3.8, 4) is 11.5 Å². The van der Waals surface area contributed by atoms with Crippen LogP contribution < -0.4 is 15.0 Å². The summed E-state index contributed by atoms with van der Waals surface area (Å²) in [6.07, 6.45) is 4.93. The van der Waals surface area contributed by atoms with Gasteiger partial charge in [0.25, 0.3) is 5.56 Å². The zero-order chi connectivity index (χ0) is 20.1. The second-order valence-corrected chi connectivity index (χ2v) is 7.98. The summed E-state index contributed by atoms with van der Waals surface area (Å²) >= 11 is 1.54. The van der Waals surface area contributed by atoms with Crippen molar-refractivity contribution in [1.82, 2.24) is 9.66 Å². The molecule has 0 saturated heterocycles. The Balaban J connectivity index is 1.81. The molecule has 0 N–H and O–H groups in total. The number of benzene rings is 1. The van der Waals surface area contributed by atoms with Crippen molar-refractivity contribution < 1.29 is 9.47 Å². The molecular weight excluding hydrogens is 374 g/mol. The van der Waals surface area contributed by atoms with Crippen LogP contribution in [0, 0.1) is 5.92 Å². The SMILES string of the molecule is CCc1cc2c(=O)n(/N=C\c3ccc(OCCC(C)C)c(OC)c3)cnc2s1. The molecule has 2 heterocycles. The molecular formula is C21H25N3O3S. The molecule has 0 bridgehead atoms. The predicted octanol–water partition coefficient (Wildman–Crippen LogP) is 4.34. The lowest BCUT2D eigenvalue weighted by Gasteiger charge is -2.12. The highest BCUT2D eigenvalue weighted by Crippen LogP contribution is 2.28. The van der Waals surface area contributed by atoms with E-state index in [1.165, 1.54) is 11.0 Å². The summed E-state index contributed by atoms with van der Waals surface area (Å²) in [4.78, 5) is 18.8. The van der Waals surface area contributed by atoms with Gasteiger partial charge in [-0.1, -0.05) is 20.8 Å². The van der Waals surface area contributed by atoms with Gasteiger partial charge in [-0.25, -0.2) is 4.98 Å². The molecule has 1 aromatic carbocycles. The first-order valence-electron chi connectivity index (χ1n) is 9.37. The van der Waals surface area contributed by atoms with Crippen LogP contribution in [-0.4, -0.2) is 29.6 Å². The van der Waals surface area contributed by atoms with E-state index < -0.39 is 0 Å². The number of nitrogens with zero attached hydrogens (tertiary/aromatic N) is 3. The number of hydrogen-bond acceptors (Lipinski definition) is 6. The van der Waals surface area contributed by atoms with Crippen molar-refractivity contribution >= 4 is 27.8 Å². The van der Waals surface area contributed by atoms with Crippen LogP contribution in [0.4, 0.5) is 0 Å². The fourth-order valence-corrected chi connectivity index (χ4v) is 3.56. The average Bonchev–Trinajstić information content (AvgIpc) is 3.12. The molecule has 3 aromatic rings. The van der Waals surface area contributed by atoms with Gasteiger partial charge in [-0.15, -0.1) is 11.3 Å². The first kappa shape index (κ1) is 20.1. The summed E-state index contributed by atoms with van der Waals surface area (Å²) in [7, 11) is 1.61. The third-order valence-corrected chi connectivity index (χ3v) is 5.49. The van der Waals surface area contributed by atoms with Crippen LogP contribution in [0.1, 0.15) is 37.6 Å². The second-order valence-electron chi connectivity index (χ2n) is 6.87. The van der Waals surface area contributed by atoms with Gasteiger partial charge in [-0.3, -0.25) is 4.79 Å². The first-order chi connectivity index (χ1) is 13.5. The zero-order valence-electron chi connectivity index (χ0n) is 16.6. The molecule has 0 aliphatic heterocycles. The summed E-state index contributed by atoms with van der Waals surface area (Å²) in [5.74, 6) is 1.92. The molecule has 0 unspecified atom stereocenters. The van der Waals surface area contributed by atoms with Gasteiger partial charge < -0.3 is 9.47 Å². The van der Waals surface area contributed by atoms with E-state index in [1.807, 2.05) is 24.3 Å².